The standard InChI is InChI=1S/C28H36N2O5/c1-29(11-7-20-13-22-16-26(34-4)27(35-5)18-23(20)22)9-6-10-30-12-8-19-14-24(32-2)25(33-3)15-21(19)17-28(30)31/h8,12,14-16,18,20H,6-7,9-11,13,17H2,1-5H3. The van der Waals surface area contributed by atoms with Gasteiger partial charge in [-0.15, -0.1) is 0 Å². The largest absolute Gasteiger partial charge is 0.493 e. The lowest BCUT2D eigenvalue weighted by molar-refractivity contribution is -0.127. The van der Waals surface area contributed by atoms with Crippen molar-refractivity contribution in [3.63, 3.8) is 0 Å². The highest BCUT2D eigenvalue weighted by atomic mass is 16.5. The minimum absolute atomic E-state index is 0.102. The van der Waals surface area contributed by atoms with E-state index >= 15 is 0 Å². The molecule has 1 atom stereocenters. The van der Waals surface area contributed by atoms with Crippen molar-refractivity contribution in [2.75, 3.05) is 55.1 Å². The number of fused-ring (bicyclic) bond motifs is 2. The van der Waals surface area contributed by atoms with E-state index in [0.717, 1.165) is 55.0 Å². The molecular formula is C28H36N2O5. The first-order valence-corrected chi connectivity index (χ1v) is 12.1. The third-order valence-corrected chi connectivity index (χ3v) is 7.09. The first kappa shape index (κ1) is 24.9. The monoisotopic (exact) mass is 480 g/mol. The molecule has 0 saturated carbocycles. The van der Waals surface area contributed by atoms with Gasteiger partial charge in [0.15, 0.2) is 23.0 Å². The van der Waals surface area contributed by atoms with E-state index in [9.17, 15) is 4.79 Å². The van der Waals surface area contributed by atoms with E-state index in [1.54, 1.807) is 28.4 Å². The average molecular weight is 481 g/mol. The Labute approximate surface area is 208 Å². The maximum Gasteiger partial charge on any atom is 0.230 e. The Morgan fingerprint density at radius 2 is 1.51 bits per heavy atom. The summed E-state index contributed by atoms with van der Waals surface area (Å²) in [5.41, 5.74) is 4.69. The van der Waals surface area contributed by atoms with Crippen LogP contribution in [0, 0.1) is 0 Å². The van der Waals surface area contributed by atoms with Crippen LogP contribution in [0.15, 0.2) is 30.5 Å². The second-order valence-electron chi connectivity index (χ2n) is 9.24. The molecule has 1 aliphatic heterocycles. The van der Waals surface area contributed by atoms with Crippen LogP contribution in [0.5, 0.6) is 23.0 Å². The Morgan fingerprint density at radius 1 is 0.886 bits per heavy atom. The third kappa shape index (κ3) is 5.40. The number of nitrogens with zero attached hydrogens (tertiary/aromatic N) is 2. The van der Waals surface area contributed by atoms with Gasteiger partial charge in [-0.05, 0) is 97.9 Å². The van der Waals surface area contributed by atoms with Gasteiger partial charge in [0.1, 0.15) is 0 Å². The molecule has 0 bridgehead atoms. The van der Waals surface area contributed by atoms with E-state index in [1.165, 1.54) is 11.1 Å². The molecule has 1 aliphatic carbocycles. The number of ether oxygens (including phenoxy) is 4. The van der Waals surface area contributed by atoms with Crippen LogP contribution in [-0.4, -0.2) is 70.8 Å². The van der Waals surface area contributed by atoms with Crippen LogP contribution in [0.25, 0.3) is 6.08 Å². The highest BCUT2D eigenvalue weighted by molar-refractivity contribution is 5.84. The Hall–Kier alpha value is -3.19. The van der Waals surface area contributed by atoms with Gasteiger partial charge in [0.25, 0.3) is 0 Å². The van der Waals surface area contributed by atoms with Gasteiger partial charge in [-0.1, -0.05) is 0 Å². The first-order valence-electron chi connectivity index (χ1n) is 12.1. The van der Waals surface area contributed by atoms with Crippen molar-refractivity contribution >= 4 is 12.0 Å². The van der Waals surface area contributed by atoms with Gasteiger partial charge in [-0.3, -0.25) is 4.79 Å². The summed E-state index contributed by atoms with van der Waals surface area (Å²) in [7, 11) is 8.75. The van der Waals surface area contributed by atoms with Crippen LogP contribution in [0.3, 0.4) is 0 Å². The van der Waals surface area contributed by atoms with Gasteiger partial charge in [-0.2, -0.15) is 0 Å². The predicted molar refractivity (Wildman–Crippen MR) is 137 cm³/mol. The predicted octanol–water partition coefficient (Wildman–Crippen LogP) is 4.13. The number of carbonyl (C=O) groups is 1. The van der Waals surface area contributed by atoms with E-state index in [0.29, 0.717) is 30.4 Å². The Morgan fingerprint density at radius 3 is 2.20 bits per heavy atom. The molecule has 7 heteroatoms. The molecule has 2 aromatic carbocycles. The van der Waals surface area contributed by atoms with Crippen LogP contribution >= 0.6 is 0 Å². The number of methoxy groups -OCH3 is 4. The topological polar surface area (TPSA) is 60.5 Å². The van der Waals surface area contributed by atoms with Crippen molar-refractivity contribution in [1.29, 1.82) is 0 Å². The van der Waals surface area contributed by atoms with Crippen LogP contribution in [0.1, 0.15) is 41.0 Å². The van der Waals surface area contributed by atoms with E-state index in [2.05, 4.69) is 24.1 Å². The van der Waals surface area contributed by atoms with Crippen molar-refractivity contribution in [3.05, 3.63) is 52.7 Å². The number of carbonyl (C=O) groups excluding carboxylic acids is 1. The molecule has 0 spiro atoms. The zero-order chi connectivity index (χ0) is 24.9. The van der Waals surface area contributed by atoms with Gasteiger partial charge in [0.05, 0.1) is 34.9 Å². The molecule has 188 valence electrons. The second kappa shape index (κ2) is 11.0. The lowest BCUT2D eigenvalue weighted by atomic mass is 9.75. The first-order chi connectivity index (χ1) is 17.0. The summed E-state index contributed by atoms with van der Waals surface area (Å²) in [6, 6.07) is 8.06. The third-order valence-electron chi connectivity index (χ3n) is 7.09. The minimum Gasteiger partial charge on any atom is -0.493 e. The smallest absolute Gasteiger partial charge is 0.230 e. The fourth-order valence-electron chi connectivity index (χ4n) is 4.96. The molecule has 1 unspecified atom stereocenters. The van der Waals surface area contributed by atoms with Crippen LogP contribution in [0.2, 0.25) is 0 Å². The average Bonchev–Trinajstić information content (AvgIpc) is 3.01. The van der Waals surface area contributed by atoms with Gasteiger partial charge in [0.2, 0.25) is 5.91 Å². The normalized spacial score (nSPS) is 16.3. The summed E-state index contributed by atoms with van der Waals surface area (Å²) in [5, 5.41) is 0. The fourth-order valence-corrected chi connectivity index (χ4v) is 4.96. The van der Waals surface area contributed by atoms with E-state index in [4.69, 9.17) is 18.9 Å². The maximum absolute atomic E-state index is 12.9. The SMILES string of the molecule is COc1cc2c(cc1OC)CC(=O)N(CCCN(C)CCC1Cc3cc(OC)c(OC)cc31)C=C2. The summed E-state index contributed by atoms with van der Waals surface area (Å²) in [4.78, 5) is 17.0. The molecule has 0 N–H and O–H groups in total. The summed E-state index contributed by atoms with van der Waals surface area (Å²) in [6.07, 6.45) is 7.36. The van der Waals surface area contributed by atoms with Crippen molar-refractivity contribution in [2.24, 2.45) is 0 Å². The molecule has 0 aromatic heterocycles. The Bertz CT molecular complexity index is 1100. The maximum atomic E-state index is 12.9. The van der Waals surface area contributed by atoms with E-state index in [-0.39, 0.29) is 5.91 Å². The van der Waals surface area contributed by atoms with Crippen LogP contribution in [-0.2, 0) is 17.6 Å². The Balaban J connectivity index is 1.25. The number of hydrogen-bond acceptors (Lipinski definition) is 6. The molecule has 2 aliphatic rings. The fraction of sp³-hybridized carbons (Fsp3) is 0.464. The van der Waals surface area contributed by atoms with Crippen molar-refractivity contribution in [1.82, 2.24) is 9.80 Å². The summed E-state index contributed by atoms with van der Waals surface area (Å²) < 4.78 is 21.7. The molecule has 4 rings (SSSR count). The van der Waals surface area contributed by atoms with E-state index in [1.807, 2.05) is 29.3 Å². The van der Waals surface area contributed by atoms with Crippen molar-refractivity contribution < 1.29 is 23.7 Å². The number of amides is 1. The molecular weight excluding hydrogens is 444 g/mol. The lowest BCUT2D eigenvalue weighted by Crippen LogP contribution is -2.31. The zero-order valence-electron chi connectivity index (χ0n) is 21.4. The lowest BCUT2D eigenvalue weighted by Gasteiger charge is -2.32. The van der Waals surface area contributed by atoms with Crippen molar-refractivity contribution in [3.8, 4) is 23.0 Å². The highest BCUT2D eigenvalue weighted by Gasteiger charge is 2.28. The number of rotatable bonds is 11. The Kier molecular flexibility index (Phi) is 7.86. The number of hydrogen-bond donors (Lipinski definition) is 0. The molecule has 0 radical (unpaired) electrons. The van der Waals surface area contributed by atoms with Gasteiger partial charge in [0, 0.05) is 12.7 Å². The van der Waals surface area contributed by atoms with E-state index < -0.39 is 0 Å². The molecule has 2 aromatic rings. The molecule has 0 saturated heterocycles. The summed E-state index contributed by atoms with van der Waals surface area (Å²) >= 11 is 0. The van der Waals surface area contributed by atoms with Gasteiger partial charge >= 0.3 is 0 Å². The summed E-state index contributed by atoms with van der Waals surface area (Å²) in [6.45, 7) is 2.66. The van der Waals surface area contributed by atoms with Crippen molar-refractivity contribution in [2.45, 2.75) is 31.6 Å². The number of benzene rings is 2. The molecule has 1 heterocycles. The molecule has 7 nitrogen and oxygen atoms in total. The van der Waals surface area contributed by atoms with Crippen LogP contribution in [0.4, 0.5) is 0 Å². The molecule has 1 amide bonds. The second-order valence-corrected chi connectivity index (χ2v) is 9.24. The zero-order valence-corrected chi connectivity index (χ0v) is 21.4. The van der Waals surface area contributed by atoms with Gasteiger partial charge < -0.3 is 28.7 Å². The molecule has 35 heavy (non-hydrogen) atoms. The summed E-state index contributed by atoms with van der Waals surface area (Å²) in [5.74, 6) is 3.60. The minimum atomic E-state index is 0.102. The quantitative estimate of drug-likeness (QED) is 0.482. The molecule has 0 fully saturated rings. The highest BCUT2D eigenvalue weighted by Crippen LogP contribution is 2.43. The van der Waals surface area contributed by atoms with Crippen LogP contribution < -0.4 is 18.9 Å². The van der Waals surface area contributed by atoms with Gasteiger partial charge in [-0.25, -0.2) is 0 Å².